The van der Waals surface area contributed by atoms with E-state index in [4.69, 9.17) is 4.74 Å². The van der Waals surface area contributed by atoms with Crippen molar-refractivity contribution >= 4 is 23.2 Å². The molecule has 2 amide bonds. The fraction of sp³-hybridized carbons (Fsp3) is 0.556. The molecule has 1 unspecified atom stereocenters. The summed E-state index contributed by atoms with van der Waals surface area (Å²) in [6.45, 7) is 2.10. The molecular weight excluding hydrogens is 306 g/mol. The number of methoxy groups -OCH3 is 1. The van der Waals surface area contributed by atoms with Crippen molar-refractivity contribution in [1.29, 1.82) is 0 Å². The first-order chi connectivity index (χ1) is 11.6. The minimum absolute atomic E-state index is 0.0510. The zero-order valence-corrected chi connectivity index (χ0v) is 14.4. The molecule has 1 aromatic rings. The largest absolute Gasteiger partial charge is 0.385 e. The summed E-state index contributed by atoms with van der Waals surface area (Å²) in [5.74, 6) is 0.00960. The number of carbonyl (C=O) groups excluding carboxylic acids is 2. The van der Waals surface area contributed by atoms with Crippen LogP contribution in [0.3, 0.4) is 0 Å². The maximum absolute atomic E-state index is 12.6. The number of benzene rings is 1. The van der Waals surface area contributed by atoms with Gasteiger partial charge >= 0.3 is 0 Å². The topological polar surface area (TPSA) is 61.9 Å². The Hall–Kier alpha value is -2.08. The Morgan fingerprint density at radius 2 is 2.17 bits per heavy atom. The van der Waals surface area contributed by atoms with Crippen molar-refractivity contribution in [2.24, 2.45) is 0 Å². The first-order valence-electron chi connectivity index (χ1n) is 8.59. The molecule has 6 heteroatoms. The van der Waals surface area contributed by atoms with Gasteiger partial charge in [-0.1, -0.05) is 0 Å². The number of hydrogen-bond acceptors (Lipinski definition) is 4. The minimum Gasteiger partial charge on any atom is -0.385 e. The summed E-state index contributed by atoms with van der Waals surface area (Å²) in [5, 5.41) is 2.89. The Balaban J connectivity index is 1.80. The van der Waals surface area contributed by atoms with E-state index >= 15 is 0 Å². The molecule has 0 spiro atoms. The molecule has 0 aliphatic carbocycles. The van der Waals surface area contributed by atoms with Gasteiger partial charge in [0, 0.05) is 39.4 Å². The third-order valence-corrected chi connectivity index (χ3v) is 4.84. The number of nitrogens with zero attached hydrogens (tertiary/aromatic N) is 2. The summed E-state index contributed by atoms with van der Waals surface area (Å²) in [4.78, 5) is 28.8. The van der Waals surface area contributed by atoms with Crippen LogP contribution in [0.2, 0.25) is 0 Å². The van der Waals surface area contributed by atoms with Crippen LogP contribution < -0.4 is 15.1 Å². The second-order valence-corrected chi connectivity index (χ2v) is 6.41. The summed E-state index contributed by atoms with van der Waals surface area (Å²) in [5.41, 5.74) is 2.46. The summed E-state index contributed by atoms with van der Waals surface area (Å²) in [6.07, 6.45) is 3.89. The van der Waals surface area contributed by atoms with Gasteiger partial charge in [0.1, 0.15) is 6.04 Å². The lowest BCUT2D eigenvalue weighted by Crippen LogP contribution is -2.54. The van der Waals surface area contributed by atoms with Gasteiger partial charge in [0.25, 0.3) is 5.91 Å². The van der Waals surface area contributed by atoms with Gasteiger partial charge in [0.2, 0.25) is 5.91 Å². The molecule has 1 atom stereocenters. The number of hydrogen-bond donors (Lipinski definition) is 1. The van der Waals surface area contributed by atoms with Gasteiger partial charge in [-0.2, -0.15) is 0 Å². The van der Waals surface area contributed by atoms with E-state index in [1.54, 1.807) is 19.1 Å². The van der Waals surface area contributed by atoms with Crippen molar-refractivity contribution in [1.82, 2.24) is 5.32 Å². The van der Waals surface area contributed by atoms with Crippen LogP contribution in [-0.2, 0) is 9.53 Å². The molecule has 1 N–H and O–H groups in total. The van der Waals surface area contributed by atoms with E-state index in [9.17, 15) is 9.59 Å². The van der Waals surface area contributed by atoms with Crippen LogP contribution in [0.4, 0.5) is 11.4 Å². The average molecular weight is 331 g/mol. The molecule has 1 aromatic carbocycles. The summed E-state index contributed by atoms with van der Waals surface area (Å²) in [7, 11) is 3.44. The van der Waals surface area contributed by atoms with Gasteiger partial charge in [-0.3, -0.25) is 9.59 Å². The number of piperidine rings is 1. The van der Waals surface area contributed by atoms with Gasteiger partial charge in [-0.15, -0.1) is 0 Å². The average Bonchev–Trinajstić information content (AvgIpc) is 2.62. The van der Waals surface area contributed by atoms with Crippen LogP contribution in [0.5, 0.6) is 0 Å². The summed E-state index contributed by atoms with van der Waals surface area (Å²) in [6, 6.07) is 5.59. The number of ether oxygens (including phenoxy) is 1. The summed E-state index contributed by atoms with van der Waals surface area (Å²) < 4.78 is 4.98. The predicted molar refractivity (Wildman–Crippen MR) is 93.7 cm³/mol. The number of likely N-dealkylation sites (N-methyl/N-ethyl adjacent to an activating group) is 1. The van der Waals surface area contributed by atoms with E-state index in [2.05, 4.69) is 10.2 Å². The highest BCUT2D eigenvalue weighted by Gasteiger charge is 2.37. The van der Waals surface area contributed by atoms with Crippen LogP contribution in [0.1, 0.15) is 36.0 Å². The smallest absolute Gasteiger partial charge is 0.251 e. The van der Waals surface area contributed by atoms with E-state index in [1.807, 2.05) is 18.2 Å². The van der Waals surface area contributed by atoms with Gasteiger partial charge < -0.3 is 19.9 Å². The molecule has 2 aliphatic heterocycles. The predicted octanol–water partition coefficient (Wildman–Crippen LogP) is 1.79. The first-order valence-corrected chi connectivity index (χ1v) is 8.59. The number of fused-ring (bicyclic) bond motifs is 3. The second-order valence-electron chi connectivity index (χ2n) is 6.41. The van der Waals surface area contributed by atoms with Crippen LogP contribution in [0.25, 0.3) is 0 Å². The van der Waals surface area contributed by atoms with Gasteiger partial charge in [0.05, 0.1) is 11.4 Å². The lowest BCUT2D eigenvalue weighted by molar-refractivity contribution is -0.120. The van der Waals surface area contributed by atoms with Crippen molar-refractivity contribution in [2.45, 2.75) is 31.7 Å². The third-order valence-electron chi connectivity index (χ3n) is 4.84. The van der Waals surface area contributed by atoms with Crippen LogP contribution in [-0.4, -0.2) is 51.7 Å². The molecule has 24 heavy (non-hydrogen) atoms. The van der Waals surface area contributed by atoms with E-state index in [-0.39, 0.29) is 17.9 Å². The monoisotopic (exact) mass is 331 g/mol. The Kier molecular flexibility index (Phi) is 5.04. The third kappa shape index (κ3) is 3.11. The quantitative estimate of drug-likeness (QED) is 0.836. The zero-order valence-electron chi connectivity index (χ0n) is 14.4. The highest BCUT2D eigenvalue weighted by Crippen LogP contribution is 2.39. The molecule has 3 rings (SSSR count). The molecule has 1 fully saturated rings. The fourth-order valence-corrected chi connectivity index (χ4v) is 3.52. The van der Waals surface area contributed by atoms with Crippen molar-refractivity contribution in [3.63, 3.8) is 0 Å². The van der Waals surface area contributed by atoms with E-state index in [0.29, 0.717) is 18.7 Å². The molecule has 2 aliphatic rings. The molecule has 2 heterocycles. The molecule has 0 saturated carbocycles. The van der Waals surface area contributed by atoms with E-state index in [0.717, 1.165) is 43.6 Å². The zero-order chi connectivity index (χ0) is 17.1. The Morgan fingerprint density at radius 3 is 2.96 bits per heavy atom. The Labute approximate surface area is 142 Å². The lowest BCUT2D eigenvalue weighted by Gasteiger charge is -2.44. The molecule has 0 bridgehead atoms. The maximum Gasteiger partial charge on any atom is 0.251 e. The van der Waals surface area contributed by atoms with Gasteiger partial charge in [0.15, 0.2) is 0 Å². The van der Waals surface area contributed by atoms with Crippen LogP contribution in [0.15, 0.2) is 18.2 Å². The molecule has 6 nitrogen and oxygen atoms in total. The lowest BCUT2D eigenvalue weighted by atomic mass is 9.96. The molecular formula is C18H25N3O3. The standard InChI is InChI=1S/C18H25N3O3/c1-20-16-12-13(17(22)19-9-5-11-24-2)7-8-14(16)21-10-4-3-6-15(21)18(20)23/h7-8,12,15H,3-6,9-11H2,1-2H3,(H,19,22). The Bertz CT molecular complexity index is 632. The number of amides is 2. The van der Waals surface area contributed by atoms with Crippen molar-refractivity contribution in [3.05, 3.63) is 23.8 Å². The van der Waals surface area contributed by atoms with Crippen molar-refractivity contribution in [2.75, 3.05) is 43.7 Å². The van der Waals surface area contributed by atoms with E-state index < -0.39 is 0 Å². The van der Waals surface area contributed by atoms with Crippen molar-refractivity contribution < 1.29 is 14.3 Å². The number of anilines is 2. The number of nitrogens with one attached hydrogen (secondary N) is 1. The van der Waals surface area contributed by atoms with Gasteiger partial charge in [-0.05, 0) is 43.9 Å². The fourth-order valence-electron chi connectivity index (χ4n) is 3.52. The molecule has 1 saturated heterocycles. The highest BCUT2D eigenvalue weighted by atomic mass is 16.5. The van der Waals surface area contributed by atoms with E-state index in [1.165, 1.54) is 0 Å². The van der Waals surface area contributed by atoms with Gasteiger partial charge in [-0.25, -0.2) is 0 Å². The maximum atomic E-state index is 12.6. The molecule has 130 valence electrons. The summed E-state index contributed by atoms with van der Waals surface area (Å²) >= 11 is 0. The second kappa shape index (κ2) is 7.21. The Morgan fingerprint density at radius 1 is 1.33 bits per heavy atom. The minimum atomic E-state index is -0.115. The highest BCUT2D eigenvalue weighted by molar-refractivity contribution is 6.07. The number of rotatable bonds is 5. The van der Waals surface area contributed by atoms with Crippen LogP contribution in [0, 0.1) is 0 Å². The van der Waals surface area contributed by atoms with Crippen molar-refractivity contribution in [3.8, 4) is 0 Å². The first kappa shape index (κ1) is 16.8. The van der Waals surface area contributed by atoms with Crippen LogP contribution >= 0.6 is 0 Å². The number of carbonyl (C=O) groups is 2. The normalized spacial score (nSPS) is 19.8. The SMILES string of the molecule is COCCCNC(=O)c1ccc2c(c1)N(C)C(=O)C1CCCCN21. The molecule has 0 aromatic heterocycles. The molecule has 0 radical (unpaired) electrons.